The molecule has 6 nitrogen and oxygen atoms in total. The second kappa shape index (κ2) is 13.9. The number of aromatic nitrogens is 6. The number of H-pyrrole nitrogens is 4. The number of nitrogens with zero attached hydrogens (tertiary/aromatic N) is 2. The minimum absolute atomic E-state index is 0. The van der Waals surface area contributed by atoms with Crippen LogP contribution in [0.25, 0.3) is 90.0 Å². The first-order chi connectivity index (χ1) is 24.7. The number of hydrogen-bond acceptors (Lipinski definition) is 2. The van der Waals surface area contributed by atoms with Crippen LogP contribution in [0.2, 0.25) is 0 Å². The molecule has 9 aromatic rings. The smallest absolute Gasteiger partial charge is 0.0658 e. The van der Waals surface area contributed by atoms with Gasteiger partial charge in [-0.2, -0.15) is 0 Å². The molecule has 0 amide bonds. The van der Waals surface area contributed by atoms with Gasteiger partial charge in [-0.15, -0.1) is 0 Å². The van der Waals surface area contributed by atoms with Crippen molar-refractivity contribution in [3.05, 3.63) is 168 Å². The Morgan fingerprint density at radius 1 is 0.294 bits per heavy atom. The van der Waals surface area contributed by atoms with E-state index in [4.69, 9.17) is 0 Å². The standard InChI is InChI=1S/C20H14N4.2C12H9N.Zn/c1-2-14-10-16-5-6-18(23-16)12-20-8-7-19(24-20)11-17-4-3-15(22-17)9-13(1)21-14;2*1-3-7-11-9(5-1)10-6-2-4-8-12(10)13-11;/h1-12,21,24H;2*1-8,13H;. The van der Waals surface area contributed by atoms with E-state index in [0.29, 0.717) is 0 Å². The molecule has 0 fully saturated rings. The van der Waals surface area contributed by atoms with E-state index < -0.39 is 0 Å². The Bertz CT molecular complexity index is 2520. The van der Waals surface area contributed by atoms with Crippen molar-refractivity contribution in [1.29, 1.82) is 0 Å². The average molecular weight is 710 g/mol. The van der Waals surface area contributed by atoms with Gasteiger partial charge in [-0.25, -0.2) is 9.97 Å². The molecule has 4 aromatic carbocycles. The van der Waals surface area contributed by atoms with Crippen molar-refractivity contribution >= 4 is 90.0 Å². The molecule has 4 N–H and O–H groups in total. The average Bonchev–Trinajstić information content (AvgIpc) is 4.00. The van der Waals surface area contributed by atoms with Crippen molar-refractivity contribution in [2.24, 2.45) is 0 Å². The molecular weight excluding hydrogens is 678 g/mol. The molecule has 0 unspecified atom stereocenters. The first-order valence-electron chi connectivity index (χ1n) is 16.7. The van der Waals surface area contributed by atoms with Gasteiger partial charge in [0.05, 0.1) is 22.8 Å². The fourth-order valence-corrected chi connectivity index (χ4v) is 6.54. The second-order valence-corrected chi connectivity index (χ2v) is 12.3. The van der Waals surface area contributed by atoms with E-state index in [9.17, 15) is 0 Å². The van der Waals surface area contributed by atoms with Crippen LogP contribution in [0.4, 0.5) is 0 Å². The SMILES string of the molecule is C1=Cc2cc3ccc(cc4nc(cc5ccc(cc1n2)[nH]5)C=C4)[nH]3.[Zn].c1ccc2c(c1)[nH]c1ccccc12.c1ccc2c(c1)[nH]c1ccccc12. The van der Waals surface area contributed by atoms with Gasteiger partial charge in [-0.05, 0) is 97.1 Å². The third-order valence-electron chi connectivity index (χ3n) is 8.87. The summed E-state index contributed by atoms with van der Waals surface area (Å²) in [5.74, 6) is 0. The maximum Gasteiger partial charge on any atom is 0.0658 e. The number of aromatic amines is 4. The molecular formula is C44H32N6Zn. The van der Waals surface area contributed by atoms with Gasteiger partial charge in [-0.3, -0.25) is 0 Å². The Kier molecular flexibility index (Phi) is 8.71. The topological polar surface area (TPSA) is 88.9 Å². The number of benzene rings is 4. The third kappa shape index (κ3) is 6.80. The van der Waals surface area contributed by atoms with Gasteiger partial charge in [0.15, 0.2) is 0 Å². The van der Waals surface area contributed by atoms with Crippen molar-refractivity contribution in [3.63, 3.8) is 0 Å². The van der Waals surface area contributed by atoms with Crippen LogP contribution in [-0.4, -0.2) is 29.9 Å². The Balaban J connectivity index is 0.000000118. The summed E-state index contributed by atoms with van der Waals surface area (Å²) in [6.45, 7) is 0. The zero-order valence-corrected chi connectivity index (χ0v) is 30.7. The van der Waals surface area contributed by atoms with Gasteiger partial charge >= 0.3 is 0 Å². The number of fused-ring (bicyclic) bond motifs is 14. The van der Waals surface area contributed by atoms with E-state index in [1.807, 2.05) is 48.6 Å². The number of hydrogen-bond donors (Lipinski definition) is 4. The molecule has 8 bridgehead atoms. The quantitative estimate of drug-likeness (QED) is 0.118. The fourth-order valence-electron chi connectivity index (χ4n) is 6.54. The number of rotatable bonds is 0. The summed E-state index contributed by atoms with van der Waals surface area (Å²) >= 11 is 0. The van der Waals surface area contributed by atoms with E-state index in [2.05, 4.69) is 151 Å². The minimum atomic E-state index is 0. The van der Waals surface area contributed by atoms with Crippen LogP contribution < -0.4 is 0 Å². The van der Waals surface area contributed by atoms with E-state index in [1.54, 1.807) is 0 Å². The molecule has 5 aromatic heterocycles. The van der Waals surface area contributed by atoms with E-state index >= 15 is 0 Å². The van der Waals surface area contributed by atoms with Crippen LogP contribution in [-0.2, 0) is 19.5 Å². The first kappa shape index (κ1) is 31.9. The van der Waals surface area contributed by atoms with Gasteiger partial charge in [0.2, 0.25) is 0 Å². The molecule has 0 spiro atoms. The van der Waals surface area contributed by atoms with Gasteiger partial charge in [0.1, 0.15) is 0 Å². The van der Waals surface area contributed by atoms with Gasteiger partial charge < -0.3 is 19.9 Å². The Morgan fingerprint density at radius 2 is 0.549 bits per heavy atom. The molecule has 7 heteroatoms. The van der Waals surface area contributed by atoms with Crippen molar-refractivity contribution < 1.29 is 19.5 Å². The maximum atomic E-state index is 4.63. The predicted molar refractivity (Wildman–Crippen MR) is 210 cm³/mol. The van der Waals surface area contributed by atoms with Gasteiger partial charge in [-0.1, -0.05) is 72.8 Å². The van der Waals surface area contributed by atoms with Crippen LogP contribution in [0.15, 0.2) is 146 Å². The summed E-state index contributed by atoms with van der Waals surface area (Å²) < 4.78 is 0. The van der Waals surface area contributed by atoms with Crippen molar-refractivity contribution in [1.82, 2.24) is 29.9 Å². The molecule has 2 aliphatic rings. The summed E-state index contributed by atoms with van der Waals surface area (Å²) in [5, 5.41) is 5.22. The molecule has 7 heterocycles. The summed E-state index contributed by atoms with van der Waals surface area (Å²) in [4.78, 5) is 22.8. The normalized spacial score (nSPS) is 11.6. The van der Waals surface area contributed by atoms with E-state index in [0.717, 1.165) is 44.8 Å². The molecule has 0 atom stereocenters. The summed E-state index contributed by atoms with van der Waals surface area (Å²) in [7, 11) is 0. The first-order valence-corrected chi connectivity index (χ1v) is 16.7. The van der Waals surface area contributed by atoms with Gasteiger partial charge in [0, 0.05) is 85.2 Å². The van der Waals surface area contributed by atoms with Gasteiger partial charge in [0.25, 0.3) is 0 Å². The molecule has 0 radical (unpaired) electrons. The summed E-state index contributed by atoms with van der Waals surface area (Å²) in [6.07, 6.45) is 8.09. The molecule has 0 saturated carbocycles. The van der Waals surface area contributed by atoms with Crippen molar-refractivity contribution in [2.45, 2.75) is 0 Å². The largest absolute Gasteiger partial charge is 0.355 e. The Morgan fingerprint density at radius 3 is 0.824 bits per heavy atom. The van der Waals surface area contributed by atoms with Crippen LogP contribution >= 0.6 is 0 Å². The molecule has 0 aliphatic carbocycles. The third-order valence-corrected chi connectivity index (χ3v) is 8.87. The maximum absolute atomic E-state index is 4.63. The fraction of sp³-hybridized carbons (Fsp3) is 0. The molecule has 240 valence electrons. The molecule has 51 heavy (non-hydrogen) atoms. The predicted octanol–water partition coefficient (Wildman–Crippen LogP) is 11.3. The Labute approximate surface area is 306 Å². The number of para-hydroxylation sites is 4. The summed E-state index contributed by atoms with van der Waals surface area (Å²) in [6, 6.07) is 49.9. The van der Waals surface area contributed by atoms with Crippen LogP contribution in [0.5, 0.6) is 0 Å². The zero-order chi connectivity index (χ0) is 33.3. The molecule has 2 aliphatic heterocycles. The van der Waals surface area contributed by atoms with Crippen molar-refractivity contribution in [3.8, 4) is 0 Å². The zero-order valence-electron chi connectivity index (χ0n) is 27.8. The molecule has 0 saturated heterocycles. The number of nitrogens with one attached hydrogen (secondary N) is 4. The van der Waals surface area contributed by atoms with Crippen molar-refractivity contribution in [2.75, 3.05) is 0 Å². The minimum Gasteiger partial charge on any atom is -0.355 e. The Hall–Kier alpha value is -6.30. The van der Waals surface area contributed by atoms with Crippen LogP contribution in [0.1, 0.15) is 22.8 Å². The monoisotopic (exact) mass is 708 g/mol. The molecule has 11 rings (SSSR count). The second-order valence-electron chi connectivity index (χ2n) is 12.3. The van der Waals surface area contributed by atoms with Crippen LogP contribution in [0.3, 0.4) is 0 Å². The van der Waals surface area contributed by atoms with Crippen LogP contribution in [0, 0.1) is 0 Å². The van der Waals surface area contributed by atoms with E-state index in [1.165, 1.54) is 43.6 Å². The van der Waals surface area contributed by atoms with E-state index in [-0.39, 0.29) is 19.5 Å². The summed E-state index contributed by atoms with van der Waals surface area (Å²) in [5.41, 5.74) is 12.7.